The molecule has 0 N–H and O–H groups in total. The van der Waals surface area contributed by atoms with E-state index in [1.54, 1.807) is 12.1 Å². The summed E-state index contributed by atoms with van der Waals surface area (Å²) in [5, 5.41) is 13.3. The van der Waals surface area contributed by atoms with Gasteiger partial charge in [-0.1, -0.05) is 42.9 Å². The Morgan fingerprint density at radius 2 is 2.08 bits per heavy atom. The monoisotopic (exact) mass is 373 g/mol. The maximum absolute atomic E-state index is 14.2. The van der Waals surface area contributed by atoms with Crippen molar-refractivity contribution < 1.29 is 8.91 Å². The van der Waals surface area contributed by atoms with Crippen LogP contribution in [0.15, 0.2) is 33.9 Å². The molecule has 0 aliphatic heterocycles. The van der Waals surface area contributed by atoms with Crippen molar-refractivity contribution >= 4 is 11.8 Å². The van der Waals surface area contributed by atoms with Gasteiger partial charge in [-0.05, 0) is 30.9 Å². The molecular weight excluding hydrogens is 353 g/mol. The molecule has 0 amide bonds. The summed E-state index contributed by atoms with van der Waals surface area (Å²) in [5.74, 6) is 2.62. The molecule has 0 spiro atoms. The molecule has 1 aromatic carbocycles. The number of benzene rings is 1. The first kappa shape index (κ1) is 17.2. The van der Waals surface area contributed by atoms with Gasteiger partial charge in [0.1, 0.15) is 5.82 Å². The van der Waals surface area contributed by atoms with Crippen molar-refractivity contribution in [3.05, 3.63) is 41.8 Å². The molecule has 1 aliphatic carbocycles. The molecule has 2 heterocycles. The molecule has 3 aromatic rings. The molecule has 0 atom stereocenters. The van der Waals surface area contributed by atoms with Crippen molar-refractivity contribution in [3.8, 4) is 11.4 Å². The van der Waals surface area contributed by atoms with Crippen LogP contribution in [0.5, 0.6) is 0 Å². The van der Waals surface area contributed by atoms with Gasteiger partial charge in [0.25, 0.3) is 0 Å². The van der Waals surface area contributed by atoms with Crippen molar-refractivity contribution in [2.45, 2.75) is 50.1 Å². The number of halogens is 1. The second-order valence-corrected chi connectivity index (χ2v) is 7.82. The summed E-state index contributed by atoms with van der Waals surface area (Å²) < 4.78 is 21.5. The van der Waals surface area contributed by atoms with Gasteiger partial charge in [0.05, 0.1) is 11.3 Å². The van der Waals surface area contributed by atoms with Crippen LogP contribution < -0.4 is 0 Å². The average Bonchev–Trinajstić information content (AvgIpc) is 3.21. The molecule has 1 saturated carbocycles. The fourth-order valence-electron chi connectivity index (χ4n) is 2.77. The van der Waals surface area contributed by atoms with Crippen molar-refractivity contribution in [1.82, 2.24) is 24.9 Å². The Hall–Kier alpha value is -2.22. The summed E-state index contributed by atoms with van der Waals surface area (Å²) in [6, 6.07) is 7.02. The highest BCUT2D eigenvalue weighted by molar-refractivity contribution is 7.98. The van der Waals surface area contributed by atoms with Gasteiger partial charge in [-0.25, -0.2) is 4.39 Å². The molecule has 1 aliphatic rings. The molecular formula is C18H20FN5OS. The Morgan fingerprint density at radius 3 is 2.81 bits per heavy atom. The minimum Gasteiger partial charge on any atom is -0.339 e. The molecule has 136 valence electrons. The summed E-state index contributed by atoms with van der Waals surface area (Å²) in [5.41, 5.74) is 0.484. The van der Waals surface area contributed by atoms with E-state index in [4.69, 9.17) is 4.52 Å². The first-order chi connectivity index (χ1) is 12.6. The Bertz CT molecular complexity index is 903. The van der Waals surface area contributed by atoms with E-state index in [0.29, 0.717) is 40.8 Å². The molecule has 0 unspecified atom stereocenters. The average molecular weight is 373 g/mol. The third kappa shape index (κ3) is 3.65. The van der Waals surface area contributed by atoms with Crippen molar-refractivity contribution in [2.75, 3.05) is 0 Å². The molecule has 0 radical (unpaired) electrons. The summed E-state index contributed by atoms with van der Waals surface area (Å²) in [6.45, 7) is 4.22. The zero-order valence-corrected chi connectivity index (χ0v) is 15.5. The van der Waals surface area contributed by atoms with E-state index in [1.807, 2.05) is 10.6 Å². The van der Waals surface area contributed by atoms with Gasteiger partial charge in [0, 0.05) is 12.5 Å². The van der Waals surface area contributed by atoms with E-state index in [1.165, 1.54) is 17.8 Å². The van der Waals surface area contributed by atoms with Gasteiger partial charge in [-0.3, -0.25) is 4.57 Å². The normalized spacial score (nSPS) is 14.3. The molecule has 0 saturated heterocycles. The van der Waals surface area contributed by atoms with E-state index < -0.39 is 0 Å². The summed E-state index contributed by atoms with van der Waals surface area (Å²) in [7, 11) is 0. The predicted octanol–water partition coefficient (Wildman–Crippen LogP) is 4.29. The zero-order valence-electron chi connectivity index (χ0n) is 14.7. The van der Waals surface area contributed by atoms with Gasteiger partial charge >= 0.3 is 0 Å². The summed E-state index contributed by atoms with van der Waals surface area (Å²) >= 11 is 1.50. The van der Waals surface area contributed by atoms with E-state index in [0.717, 1.165) is 24.4 Å². The highest BCUT2D eigenvalue weighted by Crippen LogP contribution is 2.41. The van der Waals surface area contributed by atoms with Crippen LogP contribution in [0.2, 0.25) is 0 Å². The third-order valence-electron chi connectivity index (χ3n) is 4.11. The van der Waals surface area contributed by atoms with Crippen molar-refractivity contribution in [3.63, 3.8) is 0 Å². The Morgan fingerprint density at radius 1 is 1.27 bits per heavy atom. The predicted molar refractivity (Wildman–Crippen MR) is 96.1 cm³/mol. The van der Waals surface area contributed by atoms with Crippen LogP contribution in [0, 0.1) is 11.7 Å². The van der Waals surface area contributed by atoms with E-state index in [9.17, 15) is 4.39 Å². The fraction of sp³-hybridized carbons (Fsp3) is 0.444. The smallest absolute Gasteiger partial charge is 0.226 e. The quantitative estimate of drug-likeness (QED) is 0.575. The highest BCUT2D eigenvalue weighted by Gasteiger charge is 2.31. The number of aromatic nitrogens is 5. The largest absolute Gasteiger partial charge is 0.339 e. The highest BCUT2D eigenvalue weighted by atomic mass is 32.2. The summed E-state index contributed by atoms with van der Waals surface area (Å²) in [6.07, 6.45) is 2.90. The van der Waals surface area contributed by atoms with Crippen LogP contribution in [0.4, 0.5) is 4.39 Å². The first-order valence-corrected chi connectivity index (χ1v) is 9.74. The van der Waals surface area contributed by atoms with Crippen LogP contribution >= 0.6 is 11.8 Å². The molecule has 0 bridgehead atoms. The fourth-order valence-corrected chi connectivity index (χ4v) is 3.62. The van der Waals surface area contributed by atoms with Crippen LogP contribution in [-0.4, -0.2) is 24.9 Å². The minimum atomic E-state index is -0.283. The van der Waals surface area contributed by atoms with Crippen LogP contribution in [0.1, 0.15) is 44.4 Å². The minimum absolute atomic E-state index is 0.283. The number of hydrogen-bond acceptors (Lipinski definition) is 6. The van der Waals surface area contributed by atoms with Crippen LogP contribution in [0.25, 0.3) is 11.4 Å². The van der Waals surface area contributed by atoms with Gasteiger partial charge in [-0.2, -0.15) is 4.98 Å². The Balaban J connectivity index is 1.54. The second kappa shape index (κ2) is 7.19. The first-order valence-electron chi connectivity index (χ1n) is 8.76. The Labute approximate surface area is 155 Å². The molecule has 26 heavy (non-hydrogen) atoms. The van der Waals surface area contributed by atoms with E-state index >= 15 is 0 Å². The lowest BCUT2D eigenvalue weighted by molar-refractivity contribution is 0.360. The second-order valence-electron chi connectivity index (χ2n) is 6.88. The molecule has 8 heteroatoms. The number of thioether (sulfide) groups is 1. The topological polar surface area (TPSA) is 69.6 Å². The molecule has 2 aromatic heterocycles. The maximum atomic E-state index is 14.2. The number of rotatable bonds is 7. The number of hydrogen-bond donors (Lipinski definition) is 0. The van der Waals surface area contributed by atoms with Gasteiger partial charge in [0.15, 0.2) is 16.8 Å². The maximum Gasteiger partial charge on any atom is 0.226 e. The Kier molecular flexibility index (Phi) is 4.76. The molecule has 4 rings (SSSR count). The van der Waals surface area contributed by atoms with Gasteiger partial charge < -0.3 is 4.52 Å². The lowest BCUT2D eigenvalue weighted by Crippen LogP contribution is -2.01. The SMILES string of the molecule is CC(C)Cc1nc(CSc2nnc(-c3ccccc3F)n2C2CC2)no1. The number of nitrogens with zero attached hydrogens (tertiary/aromatic N) is 5. The standard InChI is InChI=1S/C18H20FN5OS/c1-11(2)9-16-20-15(23-25-16)10-26-18-22-21-17(24(18)12-7-8-12)13-5-3-4-6-14(13)19/h3-6,11-12H,7-10H2,1-2H3. The summed E-state index contributed by atoms with van der Waals surface area (Å²) in [4.78, 5) is 4.42. The van der Waals surface area contributed by atoms with E-state index in [2.05, 4.69) is 34.2 Å². The van der Waals surface area contributed by atoms with Crippen LogP contribution in [0.3, 0.4) is 0 Å². The van der Waals surface area contributed by atoms with Gasteiger partial charge in [0.2, 0.25) is 5.89 Å². The van der Waals surface area contributed by atoms with Gasteiger partial charge in [-0.15, -0.1) is 10.2 Å². The molecule has 6 nitrogen and oxygen atoms in total. The molecule has 1 fully saturated rings. The zero-order chi connectivity index (χ0) is 18.1. The van der Waals surface area contributed by atoms with Crippen molar-refractivity contribution in [1.29, 1.82) is 0 Å². The van der Waals surface area contributed by atoms with Crippen molar-refractivity contribution in [2.24, 2.45) is 5.92 Å². The lowest BCUT2D eigenvalue weighted by atomic mass is 10.1. The third-order valence-corrected chi connectivity index (χ3v) is 5.05. The van der Waals surface area contributed by atoms with Crippen LogP contribution in [-0.2, 0) is 12.2 Å². The van der Waals surface area contributed by atoms with E-state index in [-0.39, 0.29) is 5.82 Å². The lowest BCUT2D eigenvalue weighted by Gasteiger charge is -2.08.